The summed E-state index contributed by atoms with van der Waals surface area (Å²) in [5.41, 5.74) is 0.148. The summed E-state index contributed by atoms with van der Waals surface area (Å²) in [5.74, 6) is 0.0953. The molecule has 1 N–H and O–H groups in total. The van der Waals surface area contributed by atoms with E-state index in [4.69, 9.17) is 5.26 Å². The van der Waals surface area contributed by atoms with E-state index < -0.39 is 0 Å². The summed E-state index contributed by atoms with van der Waals surface area (Å²) in [6.45, 7) is 7.96. The average molecular weight is 183 g/mol. The van der Waals surface area contributed by atoms with Crippen molar-refractivity contribution < 1.29 is 0 Å². The molecule has 13 heavy (non-hydrogen) atoms. The first-order valence-corrected chi connectivity index (χ1v) is 4.68. The van der Waals surface area contributed by atoms with Gasteiger partial charge in [-0.25, -0.2) is 0 Å². The Morgan fingerprint density at radius 3 is 2.38 bits per heavy atom. The van der Waals surface area contributed by atoms with E-state index in [1.807, 2.05) is 6.92 Å². The fourth-order valence-electron chi connectivity index (χ4n) is 0.798. The third-order valence-corrected chi connectivity index (χ3v) is 2.44. The molecular weight excluding hydrogens is 162 g/mol. The smallest absolute Gasteiger partial charge is 0.0666 e. The van der Waals surface area contributed by atoms with Crippen LogP contribution >= 0.6 is 0 Å². The van der Waals surface area contributed by atoms with Crippen LogP contribution in [0.3, 0.4) is 0 Å². The van der Waals surface area contributed by atoms with Gasteiger partial charge in [0.25, 0.3) is 0 Å². The SMILES string of the molecule is CC(C#N)CNCC(C)(C)N(C)C. The normalized spacial score (nSPS) is 14.2. The largest absolute Gasteiger partial charge is 0.314 e. The molecule has 0 bridgehead atoms. The molecule has 3 heteroatoms. The van der Waals surface area contributed by atoms with Gasteiger partial charge in [-0.2, -0.15) is 5.26 Å². The van der Waals surface area contributed by atoms with E-state index in [9.17, 15) is 0 Å². The zero-order valence-corrected chi connectivity index (χ0v) is 9.39. The second-order valence-electron chi connectivity index (χ2n) is 4.37. The van der Waals surface area contributed by atoms with Crippen molar-refractivity contribution >= 4 is 0 Å². The fourth-order valence-corrected chi connectivity index (χ4v) is 0.798. The Labute approximate surface area is 81.7 Å². The van der Waals surface area contributed by atoms with Crippen molar-refractivity contribution in [2.24, 2.45) is 5.92 Å². The Kier molecular flexibility index (Phi) is 4.97. The Balaban J connectivity index is 3.71. The zero-order chi connectivity index (χ0) is 10.5. The third kappa shape index (κ3) is 4.87. The Hall–Kier alpha value is -0.590. The minimum absolute atomic E-state index is 0.0953. The van der Waals surface area contributed by atoms with Crippen LogP contribution in [0.5, 0.6) is 0 Å². The zero-order valence-electron chi connectivity index (χ0n) is 9.39. The third-order valence-electron chi connectivity index (χ3n) is 2.44. The van der Waals surface area contributed by atoms with Gasteiger partial charge in [0.2, 0.25) is 0 Å². The van der Waals surface area contributed by atoms with E-state index in [1.54, 1.807) is 0 Å². The highest BCUT2D eigenvalue weighted by Crippen LogP contribution is 2.07. The molecule has 0 aromatic carbocycles. The molecule has 0 aliphatic carbocycles. The maximum absolute atomic E-state index is 8.57. The van der Waals surface area contributed by atoms with Crippen molar-refractivity contribution in [3.8, 4) is 6.07 Å². The molecule has 0 fully saturated rings. The van der Waals surface area contributed by atoms with Crippen LogP contribution in [0.1, 0.15) is 20.8 Å². The van der Waals surface area contributed by atoms with Gasteiger partial charge in [0.15, 0.2) is 0 Å². The van der Waals surface area contributed by atoms with E-state index in [-0.39, 0.29) is 11.5 Å². The predicted molar refractivity (Wildman–Crippen MR) is 55.4 cm³/mol. The molecular formula is C10H21N3. The van der Waals surface area contributed by atoms with Crippen LogP contribution in [0.25, 0.3) is 0 Å². The number of nitriles is 1. The summed E-state index contributed by atoms with van der Waals surface area (Å²) in [6.07, 6.45) is 0. The highest BCUT2D eigenvalue weighted by atomic mass is 15.2. The summed E-state index contributed by atoms with van der Waals surface area (Å²) >= 11 is 0. The minimum atomic E-state index is 0.0953. The van der Waals surface area contributed by atoms with Crippen molar-refractivity contribution in [3.05, 3.63) is 0 Å². The van der Waals surface area contributed by atoms with Crippen LogP contribution < -0.4 is 5.32 Å². The molecule has 0 aromatic rings. The van der Waals surface area contributed by atoms with Crippen molar-refractivity contribution in [1.82, 2.24) is 10.2 Å². The van der Waals surface area contributed by atoms with E-state index in [1.165, 1.54) is 0 Å². The van der Waals surface area contributed by atoms with Crippen LogP contribution in [-0.4, -0.2) is 37.6 Å². The summed E-state index contributed by atoms with van der Waals surface area (Å²) < 4.78 is 0. The molecule has 0 aromatic heterocycles. The Morgan fingerprint density at radius 2 is 2.00 bits per heavy atom. The molecule has 0 saturated carbocycles. The topological polar surface area (TPSA) is 39.1 Å². The van der Waals surface area contributed by atoms with Gasteiger partial charge in [-0.3, -0.25) is 0 Å². The Morgan fingerprint density at radius 1 is 1.46 bits per heavy atom. The molecule has 0 saturated heterocycles. The van der Waals surface area contributed by atoms with Crippen LogP contribution in [0.2, 0.25) is 0 Å². The maximum Gasteiger partial charge on any atom is 0.0666 e. The lowest BCUT2D eigenvalue weighted by Crippen LogP contribution is -2.47. The van der Waals surface area contributed by atoms with Gasteiger partial charge >= 0.3 is 0 Å². The van der Waals surface area contributed by atoms with Gasteiger partial charge in [-0.15, -0.1) is 0 Å². The molecule has 1 atom stereocenters. The maximum atomic E-state index is 8.57. The number of likely N-dealkylation sites (N-methyl/N-ethyl adjacent to an activating group) is 1. The summed E-state index contributed by atoms with van der Waals surface area (Å²) in [4.78, 5) is 2.18. The van der Waals surface area contributed by atoms with Gasteiger partial charge in [-0.1, -0.05) is 0 Å². The lowest BCUT2D eigenvalue weighted by molar-refractivity contribution is 0.189. The number of hydrogen-bond donors (Lipinski definition) is 1. The minimum Gasteiger partial charge on any atom is -0.314 e. The number of rotatable bonds is 5. The fraction of sp³-hybridized carbons (Fsp3) is 0.900. The molecule has 3 nitrogen and oxygen atoms in total. The molecule has 0 aliphatic rings. The summed E-state index contributed by atoms with van der Waals surface area (Å²) in [6, 6.07) is 2.20. The van der Waals surface area contributed by atoms with Crippen molar-refractivity contribution in [1.29, 1.82) is 5.26 Å². The first-order chi connectivity index (χ1) is 5.90. The van der Waals surface area contributed by atoms with Crippen LogP contribution in [0, 0.1) is 17.2 Å². The van der Waals surface area contributed by atoms with Crippen molar-refractivity contribution in [2.75, 3.05) is 27.2 Å². The molecule has 0 spiro atoms. The lowest BCUT2D eigenvalue weighted by atomic mass is 10.0. The monoisotopic (exact) mass is 183 g/mol. The van der Waals surface area contributed by atoms with E-state index in [0.29, 0.717) is 0 Å². The molecule has 0 aliphatic heterocycles. The van der Waals surface area contributed by atoms with Gasteiger partial charge < -0.3 is 10.2 Å². The first kappa shape index (κ1) is 12.4. The molecule has 0 heterocycles. The number of nitrogens with one attached hydrogen (secondary N) is 1. The standard InChI is InChI=1S/C10H21N3/c1-9(6-11)7-12-8-10(2,3)13(4)5/h9,12H,7-8H2,1-5H3. The molecule has 0 rings (SSSR count). The molecule has 76 valence electrons. The number of nitrogens with zero attached hydrogens (tertiary/aromatic N) is 2. The summed E-state index contributed by atoms with van der Waals surface area (Å²) in [5, 5.41) is 11.9. The highest BCUT2D eigenvalue weighted by molar-refractivity contribution is 4.84. The first-order valence-electron chi connectivity index (χ1n) is 4.68. The van der Waals surface area contributed by atoms with Gasteiger partial charge in [0.05, 0.1) is 12.0 Å². The van der Waals surface area contributed by atoms with E-state index in [0.717, 1.165) is 13.1 Å². The predicted octanol–water partition coefficient (Wildman–Crippen LogP) is 1.08. The van der Waals surface area contributed by atoms with E-state index >= 15 is 0 Å². The number of hydrogen-bond acceptors (Lipinski definition) is 3. The van der Waals surface area contributed by atoms with Crippen molar-refractivity contribution in [3.63, 3.8) is 0 Å². The Bertz CT molecular complexity index is 179. The van der Waals surface area contributed by atoms with Crippen LogP contribution in [0.15, 0.2) is 0 Å². The lowest BCUT2D eigenvalue weighted by Gasteiger charge is -2.32. The highest BCUT2D eigenvalue weighted by Gasteiger charge is 2.19. The van der Waals surface area contributed by atoms with Crippen LogP contribution in [0.4, 0.5) is 0 Å². The molecule has 1 unspecified atom stereocenters. The summed E-state index contributed by atoms with van der Waals surface area (Å²) in [7, 11) is 4.13. The second kappa shape index (κ2) is 5.21. The van der Waals surface area contributed by atoms with Gasteiger partial charge in [0.1, 0.15) is 0 Å². The average Bonchev–Trinajstić information content (AvgIpc) is 2.03. The van der Waals surface area contributed by atoms with Gasteiger partial charge in [-0.05, 0) is 34.9 Å². The molecule has 0 amide bonds. The van der Waals surface area contributed by atoms with Crippen LogP contribution in [-0.2, 0) is 0 Å². The quantitative estimate of drug-likeness (QED) is 0.693. The van der Waals surface area contributed by atoms with Crippen molar-refractivity contribution in [2.45, 2.75) is 26.3 Å². The van der Waals surface area contributed by atoms with E-state index in [2.05, 4.69) is 44.2 Å². The van der Waals surface area contributed by atoms with Gasteiger partial charge in [0, 0.05) is 18.6 Å². The molecule has 0 radical (unpaired) electrons. The second-order valence-corrected chi connectivity index (χ2v) is 4.37.